The van der Waals surface area contributed by atoms with E-state index < -0.39 is 26.0 Å². The quantitative estimate of drug-likeness (QED) is 0.277. The van der Waals surface area contributed by atoms with E-state index in [0.29, 0.717) is 24.2 Å². The molecule has 1 saturated heterocycles. The zero-order chi connectivity index (χ0) is 27.3. The van der Waals surface area contributed by atoms with E-state index in [-0.39, 0.29) is 17.5 Å². The number of carboxylic acid groups (broad SMARTS) is 1. The molecule has 0 spiro atoms. The van der Waals surface area contributed by atoms with E-state index in [2.05, 4.69) is 17.6 Å². The molecule has 0 aromatic heterocycles. The van der Waals surface area contributed by atoms with Gasteiger partial charge in [0, 0.05) is 24.2 Å². The van der Waals surface area contributed by atoms with Gasteiger partial charge in [0.1, 0.15) is 17.5 Å². The van der Waals surface area contributed by atoms with E-state index >= 15 is 0 Å². The van der Waals surface area contributed by atoms with Gasteiger partial charge in [-0.3, -0.25) is 0 Å². The van der Waals surface area contributed by atoms with Gasteiger partial charge >= 0.3 is 22.1 Å². The van der Waals surface area contributed by atoms with Crippen molar-refractivity contribution in [2.45, 2.75) is 56.9 Å². The molecule has 9 heteroatoms. The average Bonchev–Trinajstić information content (AvgIpc) is 3.32. The summed E-state index contributed by atoms with van der Waals surface area (Å²) in [6.07, 6.45) is 3.06. The van der Waals surface area contributed by atoms with E-state index in [4.69, 9.17) is 0 Å². The summed E-state index contributed by atoms with van der Waals surface area (Å²) < 4.78 is 25.7. The van der Waals surface area contributed by atoms with Gasteiger partial charge in [-0.2, -0.15) is 13.2 Å². The highest BCUT2D eigenvalue weighted by Crippen LogP contribution is 2.36. The second-order valence-electron chi connectivity index (χ2n) is 9.75. The van der Waals surface area contributed by atoms with Gasteiger partial charge in [-0.05, 0) is 72.9 Å². The molecule has 8 nitrogen and oxygen atoms in total. The molecule has 0 bridgehead atoms. The van der Waals surface area contributed by atoms with Crippen LogP contribution in [0, 0.1) is 0 Å². The minimum Gasteiger partial charge on any atom is -0.435 e. The van der Waals surface area contributed by atoms with Crippen LogP contribution < -0.4 is 10.6 Å². The van der Waals surface area contributed by atoms with Gasteiger partial charge in [0.15, 0.2) is 0 Å². The lowest BCUT2D eigenvalue weighted by Gasteiger charge is -2.30. The number of anilines is 2. The molecule has 1 aliphatic rings. The van der Waals surface area contributed by atoms with Gasteiger partial charge < -0.3 is 15.7 Å². The van der Waals surface area contributed by atoms with Crippen LogP contribution in [-0.4, -0.2) is 42.1 Å². The first kappa shape index (κ1) is 27.3. The summed E-state index contributed by atoms with van der Waals surface area (Å²) in [5.41, 5.74) is 4.18. The van der Waals surface area contributed by atoms with Crippen LogP contribution in [-0.2, 0) is 16.4 Å². The second-order valence-corrected chi connectivity index (χ2v) is 11.8. The lowest BCUT2D eigenvalue weighted by Crippen LogP contribution is -2.58. The van der Waals surface area contributed by atoms with Gasteiger partial charge in [0.25, 0.3) is 0 Å². The molecule has 0 saturated carbocycles. The Balaban J connectivity index is 1.41. The molecule has 1 fully saturated rings. The lowest BCUT2D eigenvalue weighted by atomic mass is 10.1. The summed E-state index contributed by atoms with van der Waals surface area (Å²) in [6.45, 7) is 3.89. The zero-order valence-electron chi connectivity index (χ0n) is 21.7. The summed E-state index contributed by atoms with van der Waals surface area (Å²) in [4.78, 5) is 24.5. The van der Waals surface area contributed by atoms with Crippen LogP contribution >= 0.6 is 0 Å². The fourth-order valence-corrected chi connectivity index (χ4v) is 6.99. The number of nitrogens with one attached hydrogen (secondary N) is 2. The Morgan fingerprint density at radius 3 is 1.89 bits per heavy atom. The molecule has 200 valence electrons. The van der Waals surface area contributed by atoms with Crippen molar-refractivity contribution in [1.82, 2.24) is 0 Å². The smallest absolute Gasteiger partial charge is 0.435 e. The molecule has 0 aliphatic carbocycles. The highest BCUT2D eigenvalue weighted by atomic mass is 32.2. The number of quaternary nitrogens is 1. The maximum atomic E-state index is 13.3. The summed E-state index contributed by atoms with van der Waals surface area (Å²) in [5, 5.41) is 15.5. The third-order valence-corrected chi connectivity index (χ3v) is 9.66. The van der Waals surface area contributed by atoms with Crippen LogP contribution in [0.1, 0.15) is 45.1 Å². The number of carbonyl (C=O) groups is 2. The monoisotopic (exact) mass is 536 g/mol. The number of benzene rings is 3. The molecule has 1 unspecified atom stereocenters. The van der Waals surface area contributed by atoms with Crippen LogP contribution in [0.2, 0.25) is 0 Å². The van der Waals surface area contributed by atoms with E-state index in [1.165, 1.54) is 17.7 Å². The third kappa shape index (κ3) is 5.44. The van der Waals surface area contributed by atoms with Crippen LogP contribution in [0.4, 0.5) is 21.0 Å². The van der Waals surface area contributed by atoms with E-state index in [1.54, 1.807) is 31.2 Å². The maximum Gasteiger partial charge on any atom is 0.529 e. The molecule has 3 aromatic carbocycles. The van der Waals surface area contributed by atoms with Crippen molar-refractivity contribution in [3.63, 3.8) is 0 Å². The fraction of sp³-hybridized carbons (Fsp3) is 0.310. The van der Waals surface area contributed by atoms with Gasteiger partial charge in [-0.15, -0.1) is 3.89 Å². The summed E-state index contributed by atoms with van der Waals surface area (Å²) in [6, 6.07) is 20.4. The minimum absolute atomic E-state index is 0.00856. The molecule has 0 radical (unpaired) electrons. The molecule has 1 heterocycles. The second kappa shape index (κ2) is 11.4. The number of hydrogen-bond acceptors (Lipinski definition) is 4. The molecule has 3 aromatic rings. The van der Waals surface area contributed by atoms with Gasteiger partial charge in [0.05, 0.1) is 0 Å². The fourth-order valence-electron chi connectivity index (χ4n) is 4.98. The van der Waals surface area contributed by atoms with E-state index in [1.807, 2.05) is 36.4 Å². The highest BCUT2D eigenvalue weighted by molar-refractivity contribution is 7.86. The van der Waals surface area contributed by atoms with Gasteiger partial charge in [0.2, 0.25) is 0 Å². The summed E-state index contributed by atoms with van der Waals surface area (Å²) in [5.74, 6) is 0. The van der Waals surface area contributed by atoms with Crippen LogP contribution in [0.25, 0.3) is 11.1 Å². The Morgan fingerprint density at radius 2 is 1.42 bits per heavy atom. The number of hydrogen-bond donors (Lipinski definition) is 3. The number of carbonyl (C=O) groups excluding carboxylic acids is 1. The van der Waals surface area contributed by atoms with Crippen molar-refractivity contribution in [3.05, 3.63) is 78.4 Å². The molecule has 1 aliphatic heterocycles. The summed E-state index contributed by atoms with van der Waals surface area (Å²) >= 11 is 0. The van der Waals surface area contributed by atoms with Crippen LogP contribution in [0.3, 0.4) is 0 Å². The number of urea groups is 1. The molecule has 3 amide bonds. The third-order valence-electron chi connectivity index (χ3n) is 7.24. The first-order chi connectivity index (χ1) is 18.2. The minimum atomic E-state index is -4.12. The Hall–Kier alpha value is -3.69. The number of likely N-dealkylation sites (tertiary alicyclic amines) is 1. The lowest BCUT2D eigenvalue weighted by molar-refractivity contribution is -0.741. The Morgan fingerprint density at radius 1 is 0.895 bits per heavy atom. The first-order valence-electron chi connectivity index (χ1n) is 12.9. The first-order valence-corrected chi connectivity index (χ1v) is 14.4. The van der Waals surface area contributed by atoms with Crippen molar-refractivity contribution in [1.29, 1.82) is 0 Å². The highest BCUT2D eigenvalue weighted by Gasteiger charge is 2.57. The molecule has 38 heavy (non-hydrogen) atoms. The van der Waals surface area contributed by atoms with Crippen molar-refractivity contribution in [2.24, 2.45) is 0 Å². The number of unbranched alkanes of at least 4 members (excludes halogenated alkanes) is 1. The Kier molecular flexibility index (Phi) is 8.18. The molecule has 3 N–H and O–H groups in total. The normalized spacial score (nSPS) is 19.2. The molecular formula is C29H34N3O5S+. The predicted octanol–water partition coefficient (Wildman–Crippen LogP) is 6.71. The standard InChI is InChI=1S/C29H33N3O5S/c1-3-4-7-22-8-14-25(15-9-22)30-28(33)31-26-16-10-23(11-17-26)24-12-18-27(19-13-24)38(36,37)32(29(34)35)20-5-6-21(32)2/h8-19,21H,3-7,20H2,1-2H3,(H2-,30,31,33,34,35)/p+1/t21-,32?/m1/s1. The van der Waals surface area contributed by atoms with Crippen LogP contribution in [0.15, 0.2) is 77.7 Å². The predicted molar refractivity (Wildman–Crippen MR) is 149 cm³/mol. The van der Waals surface area contributed by atoms with Crippen molar-refractivity contribution in [2.75, 3.05) is 17.2 Å². The Bertz CT molecular complexity index is 1390. The Labute approximate surface area is 224 Å². The zero-order valence-corrected chi connectivity index (χ0v) is 22.5. The largest absolute Gasteiger partial charge is 0.529 e. The molecule has 4 rings (SSSR count). The number of amides is 3. The number of aryl methyl sites for hydroxylation is 1. The SMILES string of the molecule is CCCCc1ccc(NC(=O)Nc2ccc(-c3ccc(S(=O)(=O)[N+]4(C(=O)O)CCC[C@H]4C)cc3)cc2)cc1. The number of rotatable bonds is 8. The van der Waals surface area contributed by atoms with Crippen LogP contribution in [0.5, 0.6) is 0 Å². The summed E-state index contributed by atoms with van der Waals surface area (Å²) in [7, 11) is -4.12. The number of sulfonamides is 1. The van der Waals surface area contributed by atoms with Crippen molar-refractivity contribution >= 4 is 33.5 Å². The molecular weight excluding hydrogens is 502 g/mol. The van der Waals surface area contributed by atoms with E-state index in [0.717, 1.165) is 30.4 Å². The molecule has 2 atom stereocenters. The van der Waals surface area contributed by atoms with Crippen molar-refractivity contribution < 1.29 is 27.0 Å². The van der Waals surface area contributed by atoms with Gasteiger partial charge in [-0.25, -0.2) is 4.79 Å². The maximum absolute atomic E-state index is 13.3. The van der Waals surface area contributed by atoms with Crippen molar-refractivity contribution in [3.8, 4) is 11.1 Å². The van der Waals surface area contributed by atoms with Gasteiger partial charge in [-0.1, -0.05) is 49.7 Å². The topological polar surface area (TPSA) is 113 Å². The van der Waals surface area contributed by atoms with E-state index in [9.17, 15) is 23.1 Å². The average molecular weight is 537 g/mol. The number of nitrogens with zero attached hydrogens (tertiary/aromatic N) is 1.